The maximum Gasteiger partial charge on any atom is 0.478 e. The van der Waals surface area contributed by atoms with E-state index >= 15 is 0 Å². The molecule has 4 heteroatoms. The van der Waals surface area contributed by atoms with E-state index in [4.69, 9.17) is 14.0 Å². The van der Waals surface area contributed by atoms with Crippen LogP contribution in [-0.4, -0.2) is 25.7 Å². The van der Waals surface area contributed by atoms with Crippen molar-refractivity contribution in [3.05, 3.63) is 35.9 Å². The molecule has 12 heavy (non-hydrogen) atoms. The molecule has 0 unspecified atom stereocenters. The number of hydrogen-bond acceptors (Lipinski definition) is 3. The molecule has 0 aromatic heterocycles. The number of benzene rings is 1. The van der Waals surface area contributed by atoms with Crippen molar-refractivity contribution < 1.29 is 14.0 Å². The summed E-state index contributed by atoms with van der Waals surface area (Å²) in [5.41, 5.74) is 1.15. The molecule has 1 aromatic carbocycles. The first-order chi connectivity index (χ1) is 5.79. The second kappa shape index (κ2) is 5.05. The van der Waals surface area contributed by atoms with Crippen molar-refractivity contribution in [1.29, 1.82) is 0 Å². The van der Waals surface area contributed by atoms with Crippen LogP contribution in [0.1, 0.15) is 5.56 Å². The zero-order valence-electron chi connectivity index (χ0n) is 6.68. The van der Waals surface area contributed by atoms with Gasteiger partial charge in [-0.1, -0.05) is 30.3 Å². The summed E-state index contributed by atoms with van der Waals surface area (Å²) in [5, 5.41) is 0. The van der Waals surface area contributed by atoms with Gasteiger partial charge in [0.1, 0.15) is 0 Å². The highest BCUT2D eigenvalue weighted by atomic mass is 28.3. The van der Waals surface area contributed by atoms with Crippen molar-refractivity contribution in [3.63, 3.8) is 0 Å². The van der Waals surface area contributed by atoms with Crippen LogP contribution in [0.4, 0.5) is 0 Å². The Bertz CT molecular complexity index is 213. The van der Waals surface area contributed by atoms with Gasteiger partial charge in [-0.3, -0.25) is 0 Å². The first-order valence-corrected chi connectivity index (χ1v) is 5.31. The molecule has 0 saturated carbocycles. The fraction of sp³-hybridized carbons (Fsp3) is 0.250. The lowest BCUT2D eigenvalue weighted by atomic mass is 10.2. The first-order valence-electron chi connectivity index (χ1n) is 3.81. The highest BCUT2D eigenvalue weighted by Gasteiger charge is 2.00. The molecule has 66 valence electrons. The molecule has 2 N–H and O–H groups in total. The first kappa shape index (κ1) is 9.41. The van der Waals surface area contributed by atoms with Crippen molar-refractivity contribution in [2.75, 3.05) is 6.61 Å². The third-order valence-corrected chi connectivity index (χ3v) is 2.03. The third kappa shape index (κ3) is 3.63. The standard InChI is InChI=1S/C8H12O3Si/c9-12(10)11-7-6-8-4-2-1-3-5-8/h1-5,9-10,12H,6-7H2. The van der Waals surface area contributed by atoms with E-state index in [-0.39, 0.29) is 0 Å². The van der Waals surface area contributed by atoms with Gasteiger partial charge in [0.15, 0.2) is 0 Å². The lowest BCUT2D eigenvalue weighted by Gasteiger charge is -2.03. The lowest BCUT2D eigenvalue weighted by molar-refractivity contribution is 0.188. The summed E-state index contributed by atoms with van der Waals surface area (Å²) in [6.45, 7) is 0.383. The number of hydrogen-bond donors (Lipinski definition) is 2. The van der Waals surface area contributed by atoms with E-state index in [9.17, 15) is 0 Å². The van der Waals surface area contributed by atoms with E-state index in [2.05, 4.69) is 0 Å². The quantitative estimate of drug-likeness (QED) is 0.645. The van der Waals surface area contributed by atoms with Gasteiger partial charge in [0.05, 0.1) is 0 Å². The predicted molar refractivity (Wildman–Crippen MR) is 47.7 cm³/mol. The monoisotopic (exact) mass is 184 g/mol. The molecular formula is C8H12O3Si. The minimum atomic E-state index is -2.81. The minimum absolute atomic E-state index is 0.383. The largest absolute Gasteiger partial charge is 0.478 e. The van der Waals surface area contributed by atoms with Crippen LogP contribution in [-0.2, 0) is 10.8 Å². The van der Waals surface area contributed by atoms with E-state index in [0.717, 1.165) is 12.0 Å². The second-order valence-electron chi connectivity index (χ2n) is 2.43. The summed E-state index contributed by atoms with van der Waals surface area (Å²) in [5.74, 6) is 0. The van der Waals surface area contributed by atoms with E-state index in [1.807, 2.05) is 30.3 Å². The lowest BCUT2D eigenvalue weighted by Crippen LogP contribution is -2.18. The SMILES string of the molecule is O[SiH](O)OCCc1ccccc1. The van der Waals surface area contributed by atoms with Crippen LogP contribution in [0.3, 0.4) is 0 Å². The van der Waals surface area contributed by atoms with Crippen molar-refractivity contribution in [3.8, 4) is 0 Å². The zero-order chi connectivity index (χ0) is 8.81. The Morgan fingerprint density at radius 2 is 1.83 bits per heavy atom. The van der Waals surface area contributed by atoms with Gasteiger partial charge in [0, 0.05) is 6.61 Å². The van der Waals surface area contributed by atoms with Crippen LogP contribution >= 0.6 is 0 Å². The Labute approximate surface area is 73.2 Å². The molecule has 0 amide bonds. The van der Waals surface area contributed by atoms with Gasteiger partial charge < -0.3 is 14.0 Å². The average Bonchev–Trinajstić information content (AvgIpc) is 2.05. The van der Waals surface area contributed by atoms with E-state index < -0.39 is 9.53 Å². The van der Waals surface area contributed by atoms with Crippen molar-refractivity contribution in [1.82, 2.24) is 0 Å². The fourth-order valence-electron chi connectivity index (χ4n) is 0.927. The van der Waals surface area contributed by atoms with Crippen molar-refractivity contribution in [2.45, 2.75) is 6.42 Å². The topological polar surface area (TPSA) is 49.7 Å². The van der Waals surface area contributed by atoms with Crippen LogP contribution < -0.4 is 0 Å². The van der Waals surface area contributed by atoms with Gasteiger partial charge in [-0.15, -0.1) is 0 Å². The van der Waals surface area contributed by atoms with Gasteiger partial charge in [0.25, 0.3) is 0 Å². The Morgan fingerprint density at radius 1 is 1.17 bits per heavy atom. The van der Waals surface area contributed by atoms with E-state index in [0.29, 0.717) is 6.61 Å². The van der Waals surface area contributed by atoms with Crippen LogP contribution in [0, 0.1) is 0 Å². The van der Waals surface area contributed by atoms with E-state index in [1.165, 1.54) is 0 Å². The maximum absolute atomic E-state index is 8.50. The summed E-state index contributed by atoms with van der Waals surface area (Å²) < 4.78 is 4.70. The maximum atomic E-state index is 8.50. The normalized spacial score (nSPS) is 10.6. The van der Waals surface area contributed by atoms with Crippen molar-refractivity contribution >= 4 is 9.53 Å². The van der Waals surface area contributed by atoms with Gasteiger partial charge in [-0.25, -0.2) is 0 Å². The van der Waals surface area contributed by atoms with Crippen LogP contribution in [0.25, 0.3) is 0 Å². The minimum Gasteiger partial charge on any atom is -0.392 e. The van der Waals surface area contributed by atoms with Gasteiger partial charge >= 0.3 is 9.53 Å². The summed E-state index contributed by atoms with van der Waals surface area (Å²) in [7, 11) is -2.81. The summed E-state index contributed by atoms with van der Waals surface area (Å²) in [4.78, 5) is 17.0. The van der Waals surface area contributed by atoms with Crippen LogP contribution in [0.2, 0.25) is 0 Å². The highest BCUT2D eigenvalue weighted by Crippen LogP contribution is 1.99. The smallest absolute Gasteiger partial charge is 0.392 e. The molecule has 3 nitrogen and oxygen atoms in total. The van der Waals surface area contributed by atoms with Gasteiger partial charge in [-0.2, -0.15) is 0 Å². The molecule has 0 radical (unpaired) electrons. The Balaban J connectivity index is 2.25. The summed E-state index contributed by atoms with van der Waals surface area (Å²) >= 11 is 0. The molecule has 1 aromatic rings. The second-order valence-corrected chi connectivity index (χ2v) is 3.42. The predicted octanol–water partition coefficient (Wildman–Crippen LogP) is -0.0525. The Hall–Kier alpha value is -0.683. The van der Waals surface area contributed by atoms with Crippen LogP contribution in [0.5, 0.6) is 0 Å². The van der Waals surface area contributed by atoms with Gasteiger partial charge in [-0.05, 0) is 12.0 Å². The summed E-state index contributed by atoms with van der Waals surface area (Å²) in [6, 6.07) is 9.80. The molecule has 0 atom stereocenters. The summed E-state index contributed by atoms with van der Waals surface area (Å²) in [6.07, 6.45) is 0.728. The molecule has 1 rings (SSSR count). The average molecular weight is 184 g/mol. The third-order valence-electron chi connectivity index (χ3n) is 1.50. The zero-order valence-corrected chi connectivity index (χ0v) is 7.84. The Kier molecular flexibility index (Phi) is 3.96. The molecule has 0 aliphatic carbocycles. The van der Waals surface area contributed by atoms with Crippen LogP contribution in [0.15, 0.2) is 30.3 Å². The fourth-order valence-corrected chi connectivity index (χ4v) is 1.26. The van der Waals surface area contributed by atoms with E-state index in [1.54, 1.807) is 0 Å². The molecular weight excluding hydrogens is 172 g/mol. The van der Waals surface area contributed by atoms with Gasteiger partial charge in [0.2, 0.25) is 0 Å². The molecule has 0 fully saturated rings. The van der Waals surface area contributed by atoms with Crippen molar-refractivity contribution in [2.24, 2.45) is 0 Å². The molecule has 0 aliphatic rings. The highest BCUT2D eigenvalue weighted by molar-refractivity contribution is 6.32. The molecule has 0 bridgehead atoms. The molecule has 0 spiro atoms. The molecule has 0 aliphatic heterocycles. The Morgan fingerprint density at radius 3 is 2.42 bits per heavy atom. The number of rotatable bonds is 4. The molecule has 0 heterocycles. The molecule has 0 saturated heterocycles.